The second-order valence-corrected chi connectivity index (χ2v) is 5.70. The van der Waals surface area contributed by atoms with E-state index in [9.17, 15) is 9.59 Å². The molecule has 7 heteroatoms. The van der Waals surface area contributed by atoms with Gasteiger partial charge >= 0.3 is 5.97 Å². The third-order valence-electron chi connectivity index (χ3n) is 3.05. The maximum atomic E-state index is 12.0. The molecule has 1 atom stereocenters. The number of nitrogens with zero attached hydrogens (tertiary/aromatic N) is 2. The fraction of sp³-hybridized carbons (Fsp3) is 0.357. The van der Waals surface area contributed by atoms with Crippen molar-refractivity contribution in [2.45, 2.75) is 13.3 Å². The van der Waals surface area contributed by atoms with E-state index in [1.54, 1.807) is 26.5 Å². The highest BCUT2D eigenvalue weighted by Gasteiger charge is 2.18. The van der Waals surface area contributed by atoms with Crippen LogP contribution in [0.25, 0.3) is 10.6 Å². The molecule has 2 heterocycles. The Bertz CT molecular complexity index is 621. The quantitative estimate of drug-likeness (QED) is 0.883. The Balaban J connectivity index is 1.95. The Morgan fingerprint density at radius 1 is 1.52 bits per heavy atom. The summed E-state index contributed by atoms with van der Waals surface area (Å²) in [7, 11) is 1.60. The first kappa shape index (κ1) is 15.2. The molecule has 0 spiro atoms. The molecule has 2 rings (SSSR count). The van der Waals surface area contributed by atoms with Crippen molar-refractivity contribution in [1.82, 2.24) is 9.88 Å². The zero-order valence-electron chi connectivity index (χ0n) is 11.8. The molecule has 0 aliphatic heterocycles. The second-order valence-electron chi connectivity index (χ2n) is 4.85. The van der Waals surface area contributed by atoms with Crippen LogP contribution in [0.5, 0.6) is 0 Å². The predicted octanol–water partition coefficient (Wildman–Crippen LogP) is 2.12. The van der Waals surface area contributed by atoms with E-state index in [-0.39, 0.29) is 18.9 Å². The van der Waals surface area contributed by atoms with E-state index in [0.29, 0.717) is 5.69 Å². The van der Waals surface area contributed by atoms with E-state index in [0.717, 1.165) is 10.6 Å². The normalized spacial score (nSPS) is 12.1. The molecule has 6 nitrogen and oxygen atoms in total. The molecule has 0 aromatic carbocycles. The highest BCUT2D eigenvalue weighted by atomic mass is 32.1. The summed E-state index contributed by atoms with van der Waals surface area (Å²) in [4.78, 5) is 28.6. The van der Waals surface area contributed by atoms with Crippen molar-refractivity contribution in [2.75, 3.05) is 13.6 Å². The van der Waals surface area contributed by atoms with Gasteiger partial charge in [-0.25, -0.2) is 4.98 Å². The molecular formula is C14H16N2O4S. The van der Waals surface area contributed by atoms with Crippen molar-refractivity contribution < 1.29 is 19.1 Å². The smallest absolute Gasteiger partial charge is 0.308 e. The number of carboxylic acid groups (broad SMARTS) is 1. The summed E-state index contributed by atoms with van der Waals surface area (Å²) in [6.45, 7) is 1.76. The minimum atomic E-state index is -0.912. The number of aliphatic carboxylic acids is 1. The van der Waals surface area contributed by atoms with Gasteiger partial charge in [0.2, 0.25) is 5.91 Å². The molecule has 0 saturated carbocycles. The standard InChI is InChI=1S/C14H16N2O4S/c1-9(14(18)19)6-16(2)12(17)5-11-8-21-13(15-11)10-3-4-20-7-10/h3-4,7-9H,5-6H2,1-2H3,(H,18,19). The summed E-state index contributed by atoms with van der Waals surface area (Å²) in [6, 6.07) is 1.81. The predicted molar refractivity (Wildman–Crippen MR) is 78.0 cm³/mol. The van der Waals surface area contributed by atoms with Crippen LogP contribution in [0.3, 0.4) is 0 Å². The van der Waals surface area contributed by atoms with Crippen LogP contribution in [0.2, 0.25) is 0 Å². The molecule has 0 saturated heterocycles. The summed E-state index contributed by atoms with van der Waals surface area (Å²) >= 11 is 1.44. The monoisotopic (exact) mass is 308 g/mol. The fourth-order valence-electron chi connectivity index (χ4n) is 1.79. The Morgan fingerprint density at radius 2 is 2.29 bits per heavy atom. The summed E-state index contributed by atoms with van der Waals surface area (Å²) < 4.78 is 5.00. The number of furan rings is 1. The van der Waals surface area contributed by atoms with Crippen LogP contribution >= 0.6 is 11.3 Å². The number of thiazole rings is 1. The van der Waals surface area contributed by atoms with E-state index in [1.165, 1.54) is 16.2 Å². The van der Waals surface area contributed by atoms with Gasteiger partial charge in [-0.05, 0) is 6.07 Å². The number of hydrogen-bond donors (Lipinski definition) is 1. The lowest BCUT2D eigenvalue weighted by atomic mass is 10.1. The summed E-state index contributed by atoms with van der Waals surface area (Å²) in [5, 5.41) is 11.5. The lowest BCUT2D eigenvalue weighted by molar-refractivity contribution is -0.142. The maximum Gasteiger partial charge on any atom is 0.308 e. The van der Waals surface area contributed by atoms with Gasteiger partial charge in [-0.1, -0.05) is 6.92 Å². The van der Waals surface area contributed by atoms with Crippen LogP contribution in [-0.2, 0) is 16.0 Å². The largest absolute Gasteiger partial charge is 0.481 e. The first-order valence-corrected chi connectivity index (χ1v) is 7.29. The highest BCUT2D eigenvalue weighted by Crippen LogP contribution is 2.24. The second kappa shape index (κ2) is 6.53. The topological polar surface area (TPSA) is 83.6 Å². The van der Waals surface area contributed by atoms with Crippen LogP contribution < -0.4 is 0 Å². The van der Waals surface area contributed by atoms with Crippen molar-refractivity contribution in [2.24, 2.45) is 5.92 Å². The van der Waals surface area contributed by atoms with E-state index < -0.39 is 11.9 Å². The Hall–Kier alpha value is -2.15. The minimum Gasteiger partial charge on any atom is -0.481 e. The molecule has 112 valence electrons. The van der Waals surface area contributed by atoms with Crippen LogP contribution in [0, 0.1) is 5.92 Å². The number of aromatic nitrogens is 1. The zero-order chi connectivity index (χ0) is 15.4. The van der Waals surface area contributed by atoms with Crippen molar-refractivity contribution in [3.63, 3.8) is 0 Å². The van der Waals surface area contributed by atoms with Crippen LogP contribution in [0.1, 0.15) is 12.6 Å². The Labute approximate surface area is 126 Å². The zero-order valence-corrected chi connectivity index (χ0v) is 12.6. The number of carbonyl (C=O) groups excluding carboxylic acids is 1. The van der Waals surface area contributed by atoms with Gasteiger partial charge < -0.3 is 14.4 Å². The van der Waals surface area contributed by atoms with Crippen molar-refractivity contribution >= 4 is 23.2 Å². The van der Waals surface area contributed by atoms with E-state index in [1.807, 2.05) is 11.4 Å². The van der Waals surface area contributed by atoms with Crippen molar-refractivity contribution in [3.05, 3.63) is 29.7 Å². The first-order valence-electron chi connectivity index (χ1n) is 6.41. The molecule has 2 aromatic heterocycles. The highest BCUT2D eigenvalue weighted by molar-refractivity contribution is 7.13. The molecule has 0 aliphatic rings. The lowest BCUT2D eigenvalue weighted by Crippen LogP contribution is -2.34. The molecule has 1 unspecified atom stereocenters. The van der Waals surface area contributed by atoms with Gasteiger partial charge in [-0.3, -0.25) is 9.59 Å². The van der Waals surface area contributed by atoms with Crippen LogP contribution in [0.15, 0.2) is 28.4 Å². The number of carboxylic acids is 1. The molecule has 0 bridgehead atoms. The molecule has 0 aliphatic carbocycles. The summed E-state index contributed by atoms with van der Waals surface area (Å²) in [5.74, 6) is -1.64. The molecule has 21 heavy (non-hydrogen) atoms. The SMILES string of the molecule is CC(CN(C)C(=O)Cc1csc(-c2ccoc2)n1)C(=O)O. The van der Waals surface area contributed by atoms with Gasteiger partial charge in [-0.15, -0.1) is 11.3 Å². The molecule has 1 N–H and O–H groups in total. The number of rotatable bonds is 6. The van der Waals surface area contributed by atoms with Gasteiger partial charge in [0.1, 0.15) is 11.3 Å². The molecule has 0 fully saturated rings. The third-order valence-corrected chi connectivity index (χ3v) is 3.99. The number of amides is 1. The van der Waals surface area contributed by atoms with E-state index in [4.69, 9.17) is 9.52 Å². The molecule has 0 radical (unpaired) electrons. The van der Waals surface area contributed by atoms with Gasteiger partial charge in [0.15, 0.2) is 0 Å². The Kier molecular flexibility index (Phi) is 4.74. The first-order chi connectivity index (χ1) is 9.97. The maximum absolute atomic E-state index is 12.0. The van der Waals surface area contributed by atoms with Gasteiger partial charge in [0, 0.05) is 24.5 Å². The number of hydrogen-bond acceptors (Lipinski definition) is 5. The third kappa shape index (κ3) is 3.91. The lowest BCUT2D eigenvalue weighted by Gasteiger charge is -2.18. The minimum absolute atomic E-state index is 0.146. The Morgan fingerprint density at radius 3 is 2.90 bits per heavy atom. The molecule has 2 aromatic rings. The van der Waals surface area contributed by atoms with Gasteiger partial charge in [-0.2, -0.15) is 0 Å². The summed E-state index contributed by atoms with van der Waals surface area (Å²) in [5.41, 5.74) is 1.56. The van der Waals surface area contributed by atoms with Crippen LogP contribution in [-0.4, -0.2) is 40.5 Å². The van der Waals surface area contributed by atoms with Gasteiger partial charge in [0.05, 0.1) is 24.3 Å². The van der Waals surface area contributed by atoms with Crippen molar-refractivity contribution in [3.8, 4) is 10.6 Å². The average Bonchev–Trinajstić information content (AvgIpc) is 3.08. The average molecular weight is 308 g/mol. The molecular weight excluding hydrogens is 292 g/mol. The number of carbonyl (C=O) groups is 2. The van der Waals surface area contributed by atoms with Crippen molar-refractivity contribution in [1.29, 1.82) is 0 Å². The van der Waals surface area contributed by atoms with E-state index in [2.05, 4.69) is 4.98 Å². The van der Waals surface area contributed by atoms with E-state index >= 15 is 0 Å². The van der Waals surface area contributed by atoms with Gasteiger partial charge in [0.25, 0.3) is 0 Å². The number of likely N-dealkylation sites (N-methyl/N-ethyl adjacent to an activating group) is 1. The fourth-order valence-corrected chi connectivity index (χ4v) is 2.59. The summed E-state index contributed by atoms with van der Waals surface area (Å²) in [6.07, 6.45) is 3.34. The van der Waals surface area contributed by atoms with Crippen LogP contribution in [0.4, 0.5) is 0 Å². The molecule has 1 amide bonds.